The molecular formula is C2H6O2P2S3. The second-order valence-electron chi connectivity index (χ2n) is 0.993. The van der Waals surface area contributed by atoms with E-state index in [9.17, 15) is 9.13 Å². The molecule has 0 N–H and O–H groups in total. The van der Waals surface area contributed by atoms with Gasteiger partial charge in [-0.1, -0.05) is 22.8 Å². The van der Waals surface area contributed by atoms with Crippen LogP contribution in [-0.4, -0.2) is 10.6 Å². The summed E-state index contributed by atoms with van der Waals surface area (Å²) in [4.78, 5) is 0. The lowest BCUT2D eigenvalue weighted by Gasteiger charge is -1.91. The summed E-state index contributed by atoms with van der Waals surface area (Å²) < 4.78 is 20.6. The lowest BCUT2D eigenvalue weighted by Crippen LogP contribution is -1.58. The van der Waals surface area contributed by atoms with Crippen LogP contribution in [0.3, 0.4) is 0 Å². The van der Waals surface area contributed by atoms with E-state index >= 15 is 0 Å². The highest BCUT2D eigenvalue weighted by molar-refractivity contribution is 8.59. The Labute approximate surface area is 69.8 Å². The van der Waals surface area contributed by atoms with Crippen molar-refractivity contribution in [3.05, 3.63) is 0 Å². The minimum Gasteiger partial charge on any atom is -0.314 e. The fourth-order valence-electron chi connectivity index (χ4n) is 0.193. The van der Waals surface area contributed by atoms with Crippen molar-refractivity contribution in [2.45, 2.75) is 0 Å². The van der Waals surface area contributed by atoms with Crippen molar-refractivity contribution in [3.63, 3.8) is 0 Å². The first kappa shape index (κ1) is 10.4. The van der Waals surface area contributed by atoms with E-state index in [4.69, 9.17) is 0 Å². The Morgan fingerprint density at radius 3 is 2.78 bits per heavy atom. The number of hydrogen-bond acceptors (Lipinski definition) is 5. The van der Waals surface area contributed by atoms with Crippen LogP contribution in [0.1, 0.15) is 0 Å². The summed E-state index contributed by atoms with van der Waals surface area (Å²) in [5.74, 6) is 0. The van der Waals surface area contributed by atoms with Gasteiger partial charge in [0.2, 0.25) is 7.66 Å². The number of rotatable bonds is 5. The fraction of sp³-hybridized carbons (Fsp3) is 1.00. The average Bonchev–Trinajstić information content (AvgIpc) is 1.85. The Morgan fingerprint density at radius 1 is 1.67 bits per heavy atom. The molecule has 7 heteroatoms. The predicted octanol–water partition coefficient (Wildman–Crippen LogP) is 2.98. The molecule has 0 aliphatic rings. The first-order valence-corrected chi connectivity index (χ1v) is 8.38. The van der Waals surface area contributed by atoms with E-state index in [0.717, 1.165) is 11.4 Å². The highest BCUT2D eigenvalue weighted by atomic mass is 32.7. The van der Waals surface area contributed by atoms with Gasteiger partial charge in [-0.05, 0) is 0 Å². The van der Waals surface area contributed by atoms with Crippen LogP contribution in [-0.2, 0) is 9.13 Å². The first-order valence-electron chi connectivity index (χ1n) is 2.02. The predicted molar refractivity (Wildman–Crippen MR) is 50.5 cm³/mol. The molecule has 0 rings (SSSR count). The first-order chi connectivity index (χ1) is 4.31. The van der Waals surface area contributed by atoms with Crippen molar-refractivity contribution in [2.75, 3.05) is 10.6 Å². The molecule has 0 heterocycles. The largest absolute Gasteiger partial charge is 0.314 e. The quantitative estimate of drug-likeness (QED) is 0.439. The molecule has 0 fully saturated rings. The van der Waals surface area contributed by atoms with E-state index < -0.39 is 7.00 Å². The third-order valence-corrected chi connectivity index (χ3v) is 7.53. The zero-order chi connectivity index (χ0) is 7.11. The lowest BCUT2D eigenvalue weighted by molar-refractivity contribution is 0.598. The molecule has 0 bridgehead atoms. The molecule has 1 atom stereocenters. The van der Waals surface area contributed by atoms with Crippen molar-refractivity contribution >= 4 is 50.1 Å². The van der Waals surface area contributed by atoms with Crippen LogP contribution in [0.15, 0.2) is 0 Å². The van der Waals surface area contributed by atoms with Crippen LogP contribution in [0, 0.1) is 0 Å². The molecule has 1 unspecified atom stereocenters. The average molecular weight is 220 g/mol. The van der Waals surface area contributed by atoms with Gasteiger partial charge < -0.3 is 4.57 Å². The Hall–Kier alpha value is 1.38. The van der Waals surface area contributed by atoms with Gasteiger partial charge in [0.05, 0.1) is 5.49 Å². The Morgan fingerprint density at radius 2 is 2.33 bits per heavy atom. The fourth-order valence-corrected chi connectivity index (χ4v) is 6.63. The third kappa shape index (κ3) is 7.27. The zero-order valence-electron chi connectivity index (χ0n) is 4.44. The maximum Gasteiger partial charge on any atom is 0.227 e. The molecule has 0 spiro atoms. The van der Waals surface area contributed by atoms with Gasteiger partial charge in [-0.25, -0.2) is 0 Å². The summed E-state index contributed by atoms with van der Waals surface area (Å²) in [5, 5.41) is 0.577. The van der Waals surface area contributed by atoms with Gasteiger partial charge in [-0.15, -0.1) is 0 Å². The summed E-state index contributed by atoms with van der Waals surface area (Å²) in [5.41, 5.74) is 0.487. The molecule has 0 amide bonds. The van der Waals surface area contributed by atoms with Crippen molar-refractivity contribution in [3.8, 4) is 0 Å². The SMILES string of the molecule is O=PSC[PH](=O)SCS. The third-order valence-electron chi connectivity index (χ3n) is 0.461. The van der Waals surface area contributed by atoms with Gasteiger partial charge in [0, 0.05) is 5.08 Å². The highest BCUT2D eigenvalue weighted by Crippen LogP contribution is 2.43. The summed E-state index contributed by atoms with van der Waals surface area (Å²) in [6, 6.07) is 0. The van der Waals surface area contributed by atoms with Crippen LogP contribution in [0.4, 0.5) is 0 Å². The summed E-state index contributed by atoms with van der Waals surface area (Å²) in [6.07, 6.45) is 0. The van der Waals surface area contributed by atoms with Gasteiger partial charge in [0.15, 0.2) is 0 Å². The van der Waals surface area contributed by atoms with Gasteiger partial charge in [-0.2, -0.15) is 12.6 Å². The molecular weight excluding hydrogens is 214 g/mol. The van der Waals surface area contributed by atoms with Crippen molar-refractivity contribution in [1.82, 2.24) is 0 Å². The van der Waals surface area contributed by atoms with Crippen molar-refractivity contribution in [1.29, 1.82) is 0 Å². The molecule has 0 aromatic heterocycles. The molecule has 2 nitrogen and oxygen atoms in total. The Kier molecular flexibility index (Phi) is 8.63. The topological polar surface area (TPSA) is 34.1 Å². The maximum atomic E-state index is 10.7. The monoisotopic (exact) mass is 220 g/mol. The summed E-state index contributed by atoms with van der Waals surface area (Å²) in [7, 11) is -1.55. The molecule has 0 aliphatic carbocycles. The van der Waals surface area contributed by atoms with Gasteiger partial charge in [-0.3, -0.25) is 4.57 Å². The van der Waals surface area contributed by atoms with Gasteiger partial charge in [0.25, 0.3) is 0 Å². The van der Waals surface area contributed by atoms with E-state index in [0.29, 0.717) is 10.6 Å². The zero-order valence-corrected chi connectivity index (χ0v) is 8.86. The lowest BCUT2D eigenvalue weighted by atomic mass is 11.9. The van der Waals surface area contributed by atoms with E-state index in [1.54, 1.807) is 0 Å². The summed E-state index contributed by atoms with van der Waals surface area (Å²) in [6.45, 7) is 0. The standard InChI is InChI=1S/C2H6O2P2S3/c3-5-8-1-6(4)9-2-7/h6-7H,1-2H2. The molecule has 9 heavy (non-hydrogen) atoms. The smallest absolute Gasteiger partial charge is 0.227 e. The second kappa shape index (κ2) is 7.49. The summed E-state index contributed by atoms with van der Waals surface area (Å²) >= 11 is 6.35. The van der Waals surface area contributed by atoms with Crippen LogP contribution >= 0.6 is 50.1 Å². The Bertz CT molecular complexity index is 108. The molecule has 54 valence electrons. The highest BCUT2D eigenvalue weighted by Gasteiger charge is 1.96. The second-order valence-corrected chi connectivity index (χ2v) is 8.07. The number of hydrogen-bond donors (Lipinski definition) is 1. The van der Waals surface area contributed by atoms with E-state index in [1.165, 1.54) is 11.4 Å². The minimum atomic E-state index is -1.56. The molecule has 0 aliphatic heterocycles. The minimum absolute atomic E-state index is 0.00927. The molecule has 0 aromatic carbocycles. The van der Waals surface area contributed by atoms with E-state index in [-0.39, 0.29) is 7.66 Å². The van der Waals surface area contributed by atoms with E-state index in [1.807, 2.05) is 0 Å². The van der Waals surface area contributed by atoms with Gasteiger partial charge >= 0.3 is 0 Å². The van der Waals surface area contributed by atoms with Gasteiger partial charge in [0.1, 0.15) is 7.00 Å². The molecule has 0 saturated carbocycles. The molecule has 0 aromatic rings. The molecule has 0 radical (unpaired) electrons. The van der Waals surface area contributed by atoms with E-state index in [2.05, 4.69) is 12.6 Å². The Balaban J connectivity index is 3.16. The van der Waals surface area contributed by atoms with Crippen LogP contribution < -0.4 is 0 Å². The number of thiol groups is 1. The molecule has 0 saturated heterocycles. The van der Waals surface area contributed by atoms with Crippen molar-refractivity contribution in [2.24, 2.45) is 0 Å². The van der Waals surface area contributed by atoms with Crippen LogP contribution in [0.5, 0.6) is 0 Å². The maximum absolute atomic E-state index is 10.7. The normalized spacial score (nSPS) is 13.9. The van der Waals surface area contributed by atoms with Crippen LogP contribution in [0.25, 0.3) is 0 Å². The van der Waals surface area contributed by atoms with Crippen LogP contribution in [0.2, 0.25) is 0 Å². The van der Waals surface area contributed by atoms with Crippen molar-refractivity contribution < 1.29 is 9.13 Å².